The van der Waals surface area contributed by atoms with Crippen molar-refractivity contribution in [3.8, 4) is 5.75 Å². The number of likely N-dealkylation sites (N-methyl/N-ethyl adjacent to an activating group) is 1. The largest absolute Gasteiger partial charge is 0.494 e. The molecule has 1 aliphatic rings. The van der Waals surface area contributed by atoms with Crippen LogP contribution in [-0.2, 0) is 38.5 Å². The Bertz CT molecular complexity index is 1170. The lowest BCUT2D eigenvalue weighted by Crippen LogP contribution is -2.41. The number of rotatable bonds is 10. The van der Waals surface area contributed by atoms with Crippen molar-refractivity contribution in [3.63, 3.8) is 0 Å². The molecule has 3 aromatic rings. The Balaban J connectivity index is 1.55. The van der Waals surface area contributed by atoms with Gasteiger partial charge in [-0.2, -0.15) is 0 Å². The quantitative estimate of drug-likeness (QED) is 0.328. The van der Waals surface area contributed by atoms with Crippen LogP contribution in [0.3, 0.4) is 0 Å². The number of benzene rings is 3. The minimum absolute atomic E-state index is 0.225. The maximum Gasteiger partial charge on any atom is 0.494 e. The number of ether oxygens (including phenoxy) is 2. The van der Waals surface area contributed by atoms with Crippen LogP contribution in [0.4, 0.5) is 0 Å². The fourth-order valence-corrected chi connectivity index (χ4v) is 4.11. The Morgan fingerprint density at radius 1 is 0.865 bits per heavy atom. The highest BCUT2D eigenvalue weighted by molar-refractivity contribution is 6.62. The predicted octanol–water partition coefficient (Wildman–Crippen LogP) is 4.44. The summed E-state index contributed by atoms with van der Waals surface area (Å²) in [6, 6.07) is 25.0. The van der Waals surface area contributed by atoms with Crippen molar-refractivity contribution in [2.75, 3.05) is 7.05 Å². The third-order valence-electron chi connectivity index (χ3n) is 7.13. The lowest BCUT2D eigenvalue weighted by Gasteiger charge is -2.32. The molecule has 0 aliphatic carbocycles. The molecule has 1 saturated heterocycles. The topological polar surface area (TPSA) is 66.0 Å². The van der Waals surface area contributed by atoms with Gasteiger partial charge in [0.1, 0.15) is 25.0 Å². The molecule has 7 heteroatoms. The Kier molecular flexibility index (Phi) is 8.37. The number of hydrogen-bond donors (Lipinski definition) is 1. The van der Waals surface area contributed by atoms with E-state index in [0.717, 1.165) is 22.2 Å². The average molecular weight is 501 g/mol. The van der Waals surface area contributed by atoms with Crippen molar-refractivity contribution in [3.05, 3.63) is 95.6 Å². The van der Waals surface area contributed by atoms with E-state index < -0.39 is 24.4 Å². The Hall–Kier alpha value is -3.13. The van der Waals surface area contributed by atoms with Crippen LogP contribution in [0.1, 0.15) is 44.4 Å². The molecule has 0 saturated carbocycles. The molecular formula is C30H36BNO5. The highest BCUT2D eigenvalue weighted by atomic mass is 16.7. The maximum atomic E-state index is 13.0. The van der Waals surface area contributed by atoms with Crippen LogP contribution in [-0.4, -0.2) is 37.4 Å². The number of esters is 1. The third kappa shape index (κ3) is 6.61. The maximum absolute atomic E-state index is 13.0. The highest BCUT2D eigenvalue weighted by Gasteiger charge is 2.51. The van der Waals surface area contributed by atoms with Gasteiger partial charge >= 0.3 is 13.1 Å². The predicted molar refractivity (Wildman–Crippen MR) is 146 cm³/mol. The molecule has 3 aromatic carbocycles. The van der Waals surface area contributed by atoms with Gasteiger partial charge in [0.15, 0.2) is 0 Å². The molecular weight excluding hydrogens is 465 g/mol. The first-order valence-corrected chi connectivity index (χ1v) is 12.7. The van der Waals surface area contributed by atoms with Gasteiger partial charge in [0.05, 0.1) is 11.2 Å². The van der Waals surface area contributed by atoms with Crippen molar-refractivity contribution in [1.29, 1.82) is 0 Å². The summed E-state index contributed by atoms with van der Waals surface area (Å²) in [5, 5.41) is 3.11. The molecule has 1 N–H and O–H groups in total. The monoisotopic (exact) mass is 501 g/mol. The van der Waals surface area contributed by atoms with Gasteiger partial charge in [-0.25, -0.2) is 0 Å². The number of nitrogens with one attached hydrogen (secondary N) is 1. The van der Waals surface area contributed by atoms with E-state index in [-0.39, 0.29) is 12.6 Å². The molecule has 194 valence electrons. The van der Waals surface area contributed by atoms with Crippen molar-refractivity contribution in [2.24, 2.45) is 0 Å². The van der Waals surface area contributed by atoms with Crippen LogP contribution in [0.25, 0.3) is 0 Å². The van der Waals surface area contributed by atoms with Crippen LogP contribution < -0.4 is 15.5 Å². The van der Waals surface area contributed by atoms with Crippen molar-refractivity contribution in [2.45, 2.75) is 64.6 Å². The summed E-state index contributed by atoms with van der Waals surface area (Å²) in [4.78, 5) is 13.0. The lowest BCUT2D eigenvalue weighted by molar-refractivity contribution is -0.147. The molecule has 1 fully saturated rings. The van der Waals surface area contributed by atoms with Gasteiger partial charge in [-0.15, -0.1) is 0 Å². The summed E-state index contributed by atoms with van der Waals surface area (Å²) in [5.74, 6) is 0.390. The fraction of sp³-hybridized carbons (Fsp3) is 0.367. The molecule has 6 nitrogen and oxygen atoms in total. The third-order valence-corrected chi connectivity index (χ3v) is 7.13. The first-order chi connectivity index (χ1) is 17.7. The van der Waals surface area contributed by atoms with E-state index in [1.165, 1.54) is 0 Å². The summed E-state index contributed by atoms with van der Waals surface area (Å²) >= 11 is 0. The second-order valence-corrected chi connectivity index (χ2v) is 10.4. The lowest BCUT2D eigenvalue weighted by atomic mass is 9.78. The zero-order chi connectivity index (χ0) is 26.5. The number of carbonyl (C=O) groups excluding carboxylic acids is 1. The summed E-state index contributed by atoms with van der Waals surface area (Å²) in [7, 11) is 1.25. The van der Waals surface area contributed by atoms with E-state index in [9.17, 15) is 4.79 Å². The van der Waals surface area contributed by atoms with E-state index in [1.807, 2.05) is 107 Å². The Morgan fingerprint density at radius 3 is 2.00 bits per heavy atom. The first kappa shape index (κ1) is 26.9. The molecule has 0 aromatic heterocycles. The molecule has 0 spiro atoms. The standard InChI is InChI=1S/C30H36BNO5/c1-29(2)30(3,4)37-31(36-29)25-16-17-27(34-20-22-12-8-6-9-13-22)24(18-25)19-26(32-5)28(33)35-21-23-14-10-7-11-15-23/h6-18,26,32H,19-21H2,1-5H3/t26-/m0/s1. The van der Waals surface area contributed by atoms with E-state index >= 15 is 0 Å². The molecule has 0 unspecified atom stereocenters. The normalized spacial score (nSPS) is 16.8. The summed E-state index contributed by atoms with van der Waals surface area (Å²) < 4.78 is 24.4. The molecule has 0 bridgehead atoms. The molecule has 1 aliphatic heterocycles. The van der Waals surface area contributed by atoms with Gasteiger partial charge in [-0.3, -0.25) is 4.79 Å². The van der Waals surface area contributed by atoms with Crippen LogP contribution in [0.2, 0.25) is 0 Å². The minimum atomic E-state index is -0.545. The van der Waals surface area contributed by atoms with Gasteiger partial charge in [0.25, 0.3) is 0 Å². The number of hydrogen-bond acceptors (Lipinski definition) is 6. The smallest absolute Gasteiger partial charge is 0.489 e. The van der Waals surface area contributed by atoms with Crippen molar-refractivity contribution < 1.29 is 23.6 Å². The summed E-state index contributed by atoms with van der Waals surface area (Å²) in [6.45, 7) is 8.78. The Morgan fingerprint density at radius 2 is 1.43 bits per heavy atom. The Labute approximate surface area is 220 Å². The summed E-state index contributed by atoms with van der Waals surface area (Å²) in [5.41, 5.74) is 2.87. The van der Waals surface area contributed by atoms with E-state index in [0.29, 0.717) is 18.8 Å². The fourth-order valence-electron chi connectivity index (χ4n) is 4.11. The molecule has 0 amide bonds. The van der Waals surface area contributed by atoms with E-state index in [1.54, 1.807) is 7.05 Å². The van der Waals surface area contributed by atoms with Gasteiger partial charge in [-0.05, 0) is 63.0 Å². The average Bonchev–Trinajstić information content (AvgIpc) is 3.12. The van der Waals surface area contributed by atoms with Crippen LogP contribution >= 0.6 is 0 Å². The molecule has 1 atom stereocenters. The van der Waals surface area contributed by atoms with E-state index in [2.05, 4.69) is 5.32 Å². The first-order valence-electron chi connectivity index (χ1n) is 12.7. The summed E-state index contributed by atoms with van der Waals surface area (Å²) in [6.07, 6.45) is 0.390. The van der Waals surface area contributed by atoms with Gasteiger partial charge in [0.2, 0.25) is 0 Å². The second-order valence-electron chi connectivity index (χ2n) is 10.4. The van der Waals surface area contributed by atoms with Gasteiger partial charge < -0.3 is 24.1 Å². The SMILES string of the molecule is CN[C@@H](Cc1cc(B2OC(C)(C)C(C)(C)O2)ccc1OCc1ccccc1)C(=O)OCc1ccccc1. The minimum Gasteiger partial charge on any atom is -0.489 e. The zero-order valence-electron chi connectivity index (χ0n) is 22.3. The van der Waals surface area contributed by atoms with E-state index in [4.69, 9.17) is 18.8 Å². The number of carbonyl (C=O) groups is 1. The molecule has 37 heavy (non-hydrogen) atoms. The van der Waals surface area contributed by atoms with Gasteiger partial charge in [0, 0.05) is 6.42 Å². The van der Waals surface area contributed by atoms with Gasteiger partial charge in [-0.1, -0.05) is 72.8 Å². The van der Waals surface area contributed by atoms with Crippen LogP contribution in [0.15, 0.2) is 78.9 Å². The molecule has 0 radical (unpaired) electrons. The van der Waals surface area contributed by atoms with Crippen molar-refractivity contribution in [1.82, 2.24) is 5.32 Å². The van der Waals surface area contributed by atoms with Crippen LogP contribution in [0.5, 0.6) is 5.75 Å². The highest BCUT2D eigenvalue weighted by Crippen LogP contribution is 2.36. The zero-order valence-corrected chi connectivity index (χ0v) is 22.3. The molecule has 4 rings (SSSR count). The molecule has 1 heterocycles. The second kappa shape index (κ2) is 11.5. The van der Waals surface area contributed by atoms with Crippen LogP contribution in [0, 0.1) is 0 Å². The van der Waals surface area contributed by atoms with Crippen molar-refractivity contribution >= 4 is 18.6 Å².